The Labute approximate surface area is 108 Å². The van der Waals surface area contributed by atoms with Gasteiger partial charge in [-0.25, -0.2) is 4.98 Å². The average Bonchev–Trinajstić information content (AvgIpc) is 2.28. The second-order valence-electron chi connectivity index (χ2n) is 3.55. The van der Waals surface area contributed by atoms with Crippen LogP contribution in [0.25, 0.3) is 0 Å². The molecular formula is C11H13N3O3S. The molecule has 0 atom stereocenters. The monoisotopic (exact) mass is 267 g/mol. The Morgan fingerprint density at radius 2 is 2.33 bits per heavy atom. The van der Waals surface area contributed by atoms with Crippen LogP contribution < -0.4 is 5.56 Å². The Morgan fingerprint density at radius 3 is 2.89 bits per heavy atom. The van der Waals surface area contributed by atoms with Crippen molar-refractivity contribution < 1.29 is 9.90 Å². The standard InChI is InChI=1S/C11H13N3O3S/c1-2-3-8-7(6-12)10(17)14-11(13-8)18-5-4-9(15)16/h2-5H2,1H3,(H,15,16)(H,13,14,17). The third-order valence-corrected chi connectivity index (χ3v) is 3.00. The van der Waals surface area contributed by atoms with Crippen molar-refractivity contribution >= 4 is 17.7 Å². The predicted molar refractivity (Wildman–Crippen MR) is 66.5 cm³/mol. The number of nitrogens with zero attached hydrogens (tertiary/aromatic N) is 2. The largest absolute Gasteiger partial charge is 0.481 e. The van der Waals surface area contributed by atoms with E-state index in [1.54, 1.807) is 0 Å². The lowest BCUT2D eigenvalue weighted by Gasteiger charge is -2.04. The number of rotatable bonds is 6. The maximum Gasteiger partial charge on any atom is 0.304 e. The zero-order chi connectivity index (χ0) is 13.5. The maximum atomic E-state index is 11.6. The van der Waals surface area contributed by atoms with Crippen LogP contribution in [0.4, 0.5) is 0 Å². The molecule has 0 aliphatic carbocycles. The smallest absolute Gasteiger partial charge is 0.304 e. The summed E-state index contributed by atoms with van der Waals surface area (Å²) < 4.78 is 0. The average molecular weight is 267 g/mol. The minimum absolute atomic E-state index is 0.00249. The van der Waals surface area contributed by atoms with Gasteiger partial charge in [0.05, 0.1) is 12.1 Å². The lowest BCUT2D eigenvalue weighted by Crippen LogP contribution is -2.16. The number of aromatic amines is 1. The molecular weight excluding hydrogens is 254 g/mol. The molecule has 7 heteroatoms. The first kappa shape index (κ1) is 14.3. The molecule has 1 rings (SSSR count). The zero-order valence-electron chi connectivity index (χ0n) is 9.89. The van der Waals surface area contributed by atoms with Gasteiger partial charge in [-0.3, -0.25) is 9.59 Å². The van der Waals surface area contributed by atoms with E-state index in [0.29, 0.717) is 23.0 Å². The fraction of sp³-hybridized carbons (Fsp3) is 0.455. The van der Waals surface area contributed by atoms with E-state index in [1.165, 1.54) is 11.8 Å². The van der Waals surface area contributed by atoms with Gasteiger partial charge < -0.3 is 10.1 Å². The van der Waals surface area contributed by atoms with E-state index in [-0.39, 0.29) is 12.0 Å². The molecule has 1 aromatic rings. The highest BCUT2D eigenvalue weighted by molar-refractivity contribution is 7.99. The van der Waals surface area contributed by atoms with E-state index in [2.05, 4.69) is 9.97 Å². The van der Waals surface area contributed by atoms with Crippen LogP contribution >= 0.6 is 11.8 Å². The van der Waals surface area contributed by atoms with Gasteiger partial charge in [0.2, 0.25) is 0 Å². The summed E-state index contributed by atoms with van der Waals surface area (Å²) in [5.41, 5.74) is 0.0507. The molecule has 1 aromatic heterocycles. The minimum atomic E-state index is -0.896. The number of nitriles is 1. The van der Waals surface area contributed by atoms with E-state index in [1.807, 2.05) is 13.0 Å². The molecule has 0 fully saturated rings. The van der Waals surface area contributed by atoms with Crippen molar-refractivity contribution in [1.82, 2.24) is 9.97 Å². The van der Waals surface area contributed by atoms with Crippen LogP contribution in [0.2, 0.25) is 0 Å². The number of carboxylic acids is 1. The van der Waals surface area contributed by atoms with Crippen LogP contribution in [0.1, 0.15) is 31.0 Å². The fourth-order valence-corrected chi connectivity index (χ4v) is 2.14. The summed E-state index contributed by atoms with van der Waals surface area (Å²) in [5.74, 6) is -0.567. The molecule has 0 saturated heterocycles. The van der Waals surface area contributed by atoms with Crippen LogP contribution in [0.15, 0.2) is 9.95 Å². The van der Waals surface area contributed by atoms with Gasteiger partial charge in [-0.05, 0) is 6.42 Å². The number of aliphatic carboxylic acids is 1. The van der Waals surface area contributed by atoms with Gasteiger partial charge in [0.25, 0.3) is 5.56 Å². The number of thioether (sulfide) groups is 1. The van der Waals surface area contributed by atoms with E-state index in [0.717, 1.165) is 6.42 Å². The highest BCUT2D eigenvalue weighted by Crippen LogP contribution is 2.14. The predicted octanol–water partition coefficient (Wildman–Crippen LogP) is 1.16. The van der Waals surface area contributed by atoms with Crippen molar-refractivity contribution in [2.45, 2.75) is 31.3 Å². The van der Waals surface area contributed by atoms with Crippen molar-refractivity contribution in [2.24, 2.45) is 0 Å². The maximum absolute atomic E-state index is 11.6. The van der Waals surface area contributed by atoms with Crippen molar-refractivity contribution in [1.29, 1.82) is 5.26 Å². The van der Waals surface area contributed by atoms with Crippen molar-refractivity contribution in [3.05, 3.63) is 21.6 Å². The molecule has 6 nitrogen and oxygen atoms in total. The van der Waals surface area contributed by atoms with Gasteiger partial charge in [0.1, 0.15) is 11.6 Å². The Hall–Kier alpha value is -1.81. The van der Waals surface area contributed by atoms with E-state index < -0.39 is 11.5 Å². The van der Waals surface area contributed by atoms with Crippen molar-refractivity contribution in [2.75, 3.05) is 5.75 Å². The van der Waals surface area contributed by atoms with E-state index >= 15 is 0 Å². The Morgan fingerprint density at radius 1 is 1.61 bits per heavy atom. The zero-order valence-corrected chi connectivity index (χ0v) is 10.7. The van der Waals surface area contributed by atoms with E-state index in [4.69, 9.17) is 10.4 Å². The number of nitrogens with one attached hydrogen (secondary N) is 1. The first-order valence-electron chi connectivity index (χ1n) is 5.46. The summed E-state index contributed by atoms with van der Waals surface area (Å²) in [6, 6.07) is 1.84. The van der Waals surface area contributed by atoms with Gasteiger partial charge in [0, 0.05) is 5.75 Å². The number of H-pyrrole nitrogens is 1. The molecule has 0 aliphatic rings. The van der Waals surface area contributed by atoms with Gasteiger partial charge in [-0.1, -0.05) is 25.1 Å². The summed E-state index contributed by atoms with van der Waals surface area (Å²) in [4.78, 5) is 28.7. The number of aromatic nitrogens is 2. The topological polar surface area (TPSA) is 107 Å². The molecule has 0 radical (unpaired) electrons. The highest BCUT2D eigenvalue weighted by Gasteiger charge is 2.11. The van der Waals surface area contributed by atoms with Gasteiger partial charge in [0.15, 0.2) is 5.16 Å². The molecule has 18 heavy (non-hydrogen) atoms. The van der Waals surface area contributed by atoms with Crippen LogP contribution in [-0.4, -0.2) is 26.8 Å². The number of hydrogen-bond acceptors (Lipinski definition) is 5. The third-order valence-electron chi connectivity index (χ3n) is 2.13. The number of carboxylic acid groups (broad SMARTS) is 1. The summed E-state index contributed by atoms with van der Waals surface area (Å²) in [7, 11) is 0. The molecule has 96 valence electrons. The molecule has 0 bridgehead atoms. The highest BCUT2D eigenvalue weighted by atomic mass is 32.2. The summed E-state index contributed by atoms with van der Waals surface area (Å²) in [6.45, 7) is 1.93. The third kappa shape index (κ3) is 3.89. The summed E-state index contributed by atoms with van der Waals surface area (Å²) in [6.07, 6.45) is 1.33. The minimum Gasteiger partial charge on any atom is -0.481 e. The van der Waals surface area contributed by atoms with Crippen LogP contribution in [0.3, 0.4) is 0 Å². The number of aryl methyl sites for hydroxylation is 1. The fourth-order valence-electron chi connectivity index (χ4n) is 1.33. The summed E-state index contributed by atoms with van der Waals surface area (Å²) >= 11 is 1.17. The number of hydrogen-bond donors (Lipinski definition) is 2. The number of carbonyl (C=O) groups is 1. The molecule has 0 spiro atoms. The van der Waals surface area contributed by atoms with Crippen LogP contribution in [-0.2, 0) is 11.2 Å². The van der Waals surface area contributed by atoms with Gasteiger partial charge >= 0.3 is 5.97 Å². The normalized spacial score (nSPS) is 10.0. The lowest BCUT2D eigenvalue weighted by atomic mass is 10.1. The quantitative estimate of drug-likeness (QED) is 0.591. The van der Waals surface area contributed by atoms with E-state index in [9.17, 15) is 9.59 Å². The molecule has 0 amide bonds. The molecule has 0 aliphatic heterocycles. The second-order valence-corrected chi connectivity index (χ2v) is 4.63. The molecule has 0 unspecified atom stereocenters. The Bertz CT molecular complexity index is 533. The van der Waals surface area contributed by atoms with Crippen molar-refractivity contribution in [3.8, 4) is 6.07 Å². The first-order valence-corrected chi connectivity index (χ1v) is 6.45. The van der Waals surface area contributed by atoms with Gasteiger partial charge in [-0.15, -0.1) is 0 Å². The lowest BCUT2D eigenvalue weighted by molar-refractivity contribution is -0.136. The Balaban J connectivity index is 2.91. The van der Waals surface area contributed by atoms with Crippen molar-refractivity contribution in [3.63, 3.8) is 0 Å². The molecule has 0 saturated carbocycles. The Kier molecular flexibility index (Phi) is 5.39. The molecule has 1 heterocycles. The first-order chi connectivity index (χ1) is 8.58. The molecule has 0 aromatic carbocycles. The van der Waals surface area contributed by atoms with Gasteiger partial charge in [-0.2, -0.15) is 5.26 Å². The second kappa shape index (κ2) is 6.81. The van der Waals surface area contributed by atoms with Crippen LogP contribution in [0.5, 0.6) is 0 Å². The SMILES string of the molecule is CCCc1nc(SCCC(=O)O)[nH]c(=O)c1C#N. The van der Waals surface area contributed by atoms with Crippen LogP contribution in [0, 0.1) is 11.3 Å². The molecule has 2 N–H and O–H groups in total. The summed E-state index contributed by atoms with van der Waals surface area (Å²) in [5, 5.41) is 17.8.